The van der Waals surface area contributed by atoms with Gasteiger partial charge in [0.25, 0.3) is 5.69 Å². The van der Waals surface area contributed by atoms with Crippen molar-refractivity contribution in [2.24, 2.45) is 11.7 Å². The molecule has 1 unspecified atom stereocenters. The third kappa shape index (κ3) is 2.44. The molecule has 0 aromatic heterocycles. The maximum atomic E-state index is 12.3. The van der Waals surface area contributed by atoms with Crippen molar-refractivity contribution in [3.8, 4) is 0 Å². The Bertz CT molecular complexity index is 650. The second kappa shape index (κ2) is 5.46. The van der Waals surface area contributed by atoms with Crippen LogP contribution in [0.15, 0.2) is 35.5 Å². The van der Waals surface area contributed by atoms with Gasteiger partial charge in [0.2, 0.25) is 0 Å². The topological polar surface area (TPSA) is 86.2 Å². The molecule has 20 heavy (non-hydrogen) atoms. The Kier molecular flexibility index (Phi) is 3.90. The van der Waals surface area contributed by atoms with Crippen LogP contribution in [0.4, 0.5) is 5.69 Å². The van der Waals surface area contributed by atoms with Crippen LogP contribution in [0.1, 0.15) is 17.5 Å². The Hall–Kier alpha value is -2.14. The number of ketones is 1. The van der Waals surface area contributed by atoms with E-state index in [1.807, 2.05) is 0 Å². The van der Waals surface area contributed by atoms with Crippen LogP contribution in [-0.2, 0) is 4.79 Å². The highest BCUT2D eigenvalue weighted by Crippen LogP contribution is 2.35. The molecule has 0 amide bonds. The summed E-state index contributed by atoms with van der Waals surface area (Å²) in [7, 11) is 0. The number of nitrogens with two attached hydrogens (primary N) is 1. The van der Waals surface area contributed by atoms with Crippen LogP contribution < -0.4 is 5.73 Å². The van der Waals surface area contributed by atoms with Crippen molar-refractivity contribution < 1.29 is 9.72 Å². The smallest absolute Gasteiger partial charge is 0.272 e. The SMILES string of the molecule is Cc1ccc(C2=C(N)CC(C=CCl)C2=O)cc1[N+](=O)[O-]. The van der Waals surface area contributed by atoms with Gasteiger partial charge in [0.15, 0.2) is 5.78 Å². The number of carbonyl (C=O) groups excluding carboxylic acids is 1. The molecule has 1 aromatic rings. The summed E-state index contributed by atoms with van der Waals surface area (Å²) in [5.74, 6) is -0.541. The molecule has 1 aliphatic carbocycles. The second-order valence-electron chi connectivity index (χ2n) is 4.65. The number of nitrogens with zero attached hydrogens (tertiary/aromatic N) is 1. The van der Waals surface area contributed by atoms with E-state index in [-0.39, 0.29) is 17.4 Å². The van der Waals surface area contributed by atoms with Crippen LogP contribution in [0.2, 0.25) is 0 Å². The van der Waals surface area contributed by atoms with Crippen molar-refractivity contribution in [1.29, 1.82) is 0 Å². The fourth-order valence-electron chi connectivity index (χ4n) is 2.31. The fraction of sp³-hybridized carbons (Fsp3) is 0.214. The van der Waals surface area contributed by atoms with Gasteiger partial charge in [0.1, 0.15) is 0 Å². The standard InChI is InChI=1S/C14H13ClN2O3/c1-8-2-3-9(7-12(8)17(19)20)13-11(16)6-10(4-5-15)14(13)18/h2-5,7,10H,6,16H2,1H3. The highest BCUT2D eigenvalue weighted by Gasteiger charge is 2.31. The number of carbonyl (C=O) groups is 1. The van der Waals surface area contributed by atoms with Gasteiger partial charge in [0, 0.05) is 40.8 Å². The number of hydrogen-bond acceptors (Lipinski definition) is 4. The van der Waals surface area contributed by atoms with Crippen molar-refractivity contribution in [3.63, 3.8) is 0 Å². The van der Waals surface area contributed by atoms with Crippen LogP contribution in [-0.4, -0.2) is 10.7 Å². The quantitative estimate of drug-likeness (QED) is 0.685. The lowest BCUT2D eigenvalue weighted by Crippen LogP contribution is -2.07. The molecule has 104 valence electrons. The maximum absolute atomic E-state index is 12.3. The first kappa shape index (κ1) is 14.3. The number of halogens is 1. The first-order valence-electron chi connectivity index (χ1n) is 6.00. The summed E-state index contributed by atoms with van der Waals surface area (Å²) in [6.45, 7) is 1.65. The normalized spacial score (nSPS) is 19.1. The molecule has 0 heterocycles. The minimum Gasteiger partial charge on any atom is -0.401 e. The molecule has 2 rings (SSSR count). The van der Waals surface area contributed by atoms with E-state index in [9.17, 15) is 14.9 Å². The van der Waals surface area contributed by atoms with E-state index < -0.39 is 4.92 Å². The molecule has 0 saturated carbocycles. The minimum absolute atomic E-state index is 0.0214. The summed E-state index contributed by atoms with van der Waals surface area (Å²) in [6, 6.07) is 4.68. The zero-order valence-corrected chi connectivity index (χ0v) is 11.6. The van der Waals surface area contributed by atoms with Gasteiger partial charge in [-0.2, -0.15) is 0 Å². The summed E-state index contributed by atoms with van der Waals surface area (Å²) in [6.07, 6.45) is 1.96. The Morgan fingerprint density at radius 2 is 2.20 bits per heavy atom. The van der Waals surface area contributed by atoms with Crippen LogP contribution in [0.25, 0.3) is 5.57 Å². The molecular formula is C14H13ClN2O3. The molecule has 1 aliphatic rings. The summed E-state index contributed by atoms with van der Waals surface area (Å²) < 4.78 is 0. The number of benzene rings is 1. The van der Waals surface area contributed by atoms with Crippen LogP contribution in [0.5, 0.6) is 0 Å². The number of nitro benzene ring substituents is 1. The molecule has 0 saturated heterocycles. The summed E-state index contributed by atoms with van der Waals surface area (Å²) in [4.78, 5) is 22.8. The van der Waals surface area contributed by atoms with Gasteiger partial charge >= 0.3 is 0 Å². The number of allylic oxidation sites excluding steroid dienone is 3. The maximum Gasteiger partial charge on any atom is 0.272 e. The summed E-state index contributed by atoms with van der Waals surface area (Å²) >= 11 is 5.49. The Morgan fingerprint density at radius 3 is 2.80 bits per heavy atom. The van der Waals surface area contributed by atoms with E-state index in [4.69, 9.17) is 17.3 Å². The summed E-state index contributed by atoms with van der Waals surface area (Å²) in [5.41, 5.74) is 8.98. The lowest BCUT2D eigenvalue weighted by Gasteiger charge is -2.05. The second-order valence-corrected chi connectivity index (χ2v) is 4.90. The van der Waals surface area contributed by atoms with E-state index in [2.05, 4.69) is 0 Å². The van der Waals surface area contributed by atoms with Gasteiger partial charge in [-0.15, -0.1) is 0 Å². The molecule has 6 heteroatoms. The third-order valence-corrected chi connectivity index (χ3v) is 3.49. The predicted octanol–water partition coefficient (Wildman–Crippen LogP) is 2.91. The molecule has 2 N–H and O–H groups in total. The van der Waals surface area contributed by atoms with Crippen LogP contribution in [0, 0.1) is 23.0 Å². The number of Topliss-reactive ketones (excluding diaryl/α,β-unsaturated/α-hetero) is 1. The lowest BCUT2D eigenvalue weighted by atomic mass is 9.98. The van der Waals surface area contributed by atoms with E-state index in [1.165, 1.54) is 11.6 Å². The molecular weight excluding hydrogens is 280 g/mol. The minimum atomic E-state index is -0.467. The highest BCUT2D eigenvalue weighted by molar-refractivity contribution is 6.27. The molecule has 0 aliphatic heterocycles. The van der Waals surface area contributed by atoms with Crippen molar-refractivity contribution in [2.75, 3.05) is 0 Å². The molecule has 5 nitrogen and oxygen atoms in total. The number of nitro groups is 1. The zero-order valence-electron chi connectivity index (χ0n) is 10.8. The van der Waals surface area contributed by atoms with E-state index in [1.54, 1.807) is 25.1 Å². The zero-order chi connectivity index (χ0) is 14.9. The number of aryl methyl sites for hydroxylation is 1. The van der Waals surface area contributed by atoms with Crippen LogP contribution in [0.3, 0.4) is 0 Å². The molecule has 0 bridgehead atoms. The van der Waals surface area contributed by atoms with E-state index >= 15 is 0 Å². The number of rotatable bonds is 3. The van der Waals surface area contributed by atoms with Crippen molar-refractivity contribution >= 4 is 28.6 Å². The third-order valence-electron chi connectivity index (χ3n) is 3.34. The average Bonchev–Trinajstić information content (AvgIpc) is 2.66. The van der Waals surface area contributed by atoms with Crippen molar-refractivity contribution in [1.82, 2.24) is 0 Å². The first-order chi connectivity index (χ1) is 9.45. The van der Waals surface area contributed by atoms with Crippen LogP contribution >= 0.6 is 11.6 Å². The van der Waals surface area contributed by atoms with Gasteiger partial charge in [0.05, 0.1) is 4.92 Å². The van der Waals surface area contributed by atoms with Gasteiger partial charge in [-0.05, 0) is 12.5 Å². The predicted molar refractivity (Wildman–Crippen MR) is 77.0 cm³/mol. The van der Waals surface area contributed by atoms with Crippen molar-refractivity contribution in [2.45, 2.75) is 13.3 Å². The first-order valence-corrected chi connectivity index (χ1v) is 6.44. The van der Waals surface area contributed by atoms with Gasteiger partial charge in [-0.25, -0.2) is 0 Å². The Labute approximate surface area is 120 Å². The number of hydrogen-bond donors (Lipinski definition) is 1. The Morgan fingerprint density at radius 1 is 1.50 bits per heavy atom. The largest absolute Gasteiger partial charge is 0.401 e. The molecule has 0 radical (unpaired) electrons. The van der Waals surface area contributed by atoms with Gasteiger partial charge in [-0.1, -0.05) is 29.8 Å². The van der Waals surface area contributed by atoms with E-state index in [0.29, 0.717) is 28.8 Å². The van der Waals surface area contributed by atoms with Crippen molar-refractivity contribution in [3.05, 3.63) is 56.7 Å². The molecule has 0 fully saturated rings. The molecule has 1 aromatic carbocycles. The van der Waals surface area contributed by atoms with E-state index in [0.717, 1.165) is 0 Å². The fourth-order valence-corrected chi connectivity index (χ4v) is 2.48. The lowest BCUT2D eigenvalue weighted by molar-refractivity contribution is -0.385. The summed E-state index contributed by atoms with van der Waals surface area (Å²) in [5, 5.41) is 11.0. The van der Waals surface area contributed by atoms with Gasteiger partial charge < -0.3 is 5.73 Å². The Balaban J connectivity index is 2.47. The monoisotopic (exact) mass is 292 g/mol. The highest BCUT2D eigenvalue weighted by atomic mass is 35.5. The molecule has 0 spiro atoms. The average molecular weight is 293 g/mol. The molecule has 1 atom stereocenters. The van der Waals surface area contributed by atoms with Gasteiger partial charge in [-0.3, -0.25) is 14.9 Å².